The van der Waals surface area contributed by atoms with Gasteiger partial charge in [-0.2, -0.15) is 5.10 Å². The van der Waals surface area contributed by atoms with Crippen LogP contribution in [-0.2, 0) is 19.4 Å². The summed E-state index contributed by atoms with van der Waals surface area (Å²) < 4.78 is 8.24. The highest BCUT2D eigenvalue weighted by molar-refractivity contribution is 5.95. The normalized spacial score (nSPS) is 11.0. The van der Waals surface area contributed by atoms with Crippen LogP contribution in [0.3, 0.4) is 0 Å². The van der Waals surface area contributed by atoms with E-state index in [4.69, 9.17) is 4.74 Å². The Hall–Kier alpha value is -4.39. The lowest BCUT2D eigenvalue weighted by atomic mass is 9.92. The van der Waals surface area contributed by atoms with E-state index in [9.17, 15) is 19.8 Å². The van der Waals surface area contributed by atoms with Gasteiger partial charge in [-0.1, -0.05) is 31.2 Å². The minimum absolute atomic E-state index is 0.00973. The zero-order valence-corrected chi connectivity index (χ0v) is 22.3. The zero-order valence-electron chi connectivity index (χ0n) is 22.3. The highest BCUT2D eigenvalue weighted by Crippen LogP contribution is 2.27. The predicted octanol–water partition coefficient (Wildman–Crippen LogP) is 6.23. The Morgan fingerprint density at radius 3 is 2.24 bits per heavy atom. The molecule has 4 rings (SSSR count). The molecule has 0 aliphatic heterocycles. The topological polar surface area (TPSA) is 102 Å². The molecule has 0 saturated carbocycles. The van der Waals surface area contributed by atoms with E-state index in [0.29, 0.717) is 18.6 Å². The van der Waals surface area contributed by atoms with Gasteiger partial charge in [0.25, 0.3) is 0 Å². The molecule has 4 aromatic rings. The van der Waals surface area contributed by atoms with Gasteiger partial charge in [-0.3, -0.25) is 0 Å². The van der Waals surface area contributed by atoms with Gasteiger partial charge in [0.1, 0.15) is 12.4 Å². The first-order chi connectivity index (χ1) is 18.1. The maximum absolute atomic E-state index is 11.9. The number of aromatic carboxylic acids is 2. The Labute approximate surface area is 222 Å². The molecule has 3 aromatic carbocycles. The Morgan fingerprint density at radius 2 is 1.63 bits per heavy atom. The van der Waals surface area contributed by atoms with Gasteiger partial charge in [0.05, 0.1) is 22.5 Å². The molecule has 0 bridgehead atoms. The summed E-state index contributed by atoms with van der Waals surface area (Å²) in [5.74, 6) is -1.54. The van der Waals surface area contributed by atoms with Gasteiger partial charge in [-0.05, 0) is 104 Å². The van der Waals surface area contributed by atoms with Crippen LogP contribution in [0.15, 0.2) is 54.6 Å². The van der Waals surface area contributed by atoms with Gasteiger partial charge >= 0.3 is 11.9 Å². The molecule has 1 heterocycles. The summed E-state index contributed by atoms with van der Waals surface area (Å²) in [6.07, 6.45) is 1.15. The molecule has 7 heteroatoms. The minimum Gasteiger partial charge on any atom is -0.489 e. The first-order valence-electron chi connectivity index (χ1n) is 12.6. The van der Waals surface area contributed by atoms with E-state index in [0.717, 1.165) is 51.5 Å². The maximum atomic E-state index is 11.9. The van der Waals surface area contributed by atoms with Gasteiger partial charge in [-0.25, -0.2) is 14.3 Å². The quantitative estimate of drug-likeness (QED) is 0.275. The van der Waals surface area contributed by atoms with Crippen molar-refractivity contribution in [2.45, 2.75) is 54.1 Å². The van der Waals surface area contributed by atoms with Crippen LogP contribution in [0, 0.1) is 27.7 Å². The average molecular weight is 513 g/mol. The second-order valence-electron chi connectivity index (χ2n) is 9.51. The molecular formula is C31H32N2O5. The third-order valence-corrected chi connectivity index (χ3v) is 7.15. The van der Waals surface area contributed by atoms with Gasteiger partial charge in [0, 0.05) is 5.69 Å². The second kappa shape index (κ2) is 10.9. The molecule has 0 spiro atoms. The van der Waals surface area contributed by atoms with Crippen LogP contribution < -0.4 is 4.74 Å². The fourth-order valence-electron chi connectivity index (χ4n) is 4.69. The number of aromatic nitrogens is 2. The van der Waals surface area contributed by atoms with Crippen molar-refractivity contribution in [3.63, 3.8) is 0 Å². The highest BCUT2D eigenvalue weighted by Gasteiger charge is 2.17. The van der Waals surface area contributed by atoms with Crippen LogP contribution >= 0.6 is 0 Å². The van der Waals surface area contributed by atoms with E-state index in [2.05, 4.69) is 38.0 Å². The molecule has 7 nitrogen and oxygen atoms in total. The Kier molecular flexibility index (Phi) is 7.67. The molecule has 0 aliphatic rings. The van der Waals surface area contributed by atoms with Gasteiger partial charge < -0.3 is 14.9 Å². The van der Waals surface area contributed by atoms with E-state index in [1.807, 2.05) is 42.8 Å². The number of carboxylic acids is 2. The molecule has 0 fully saturated rings. The van der Waals surface area contributed by atoms with Crippen molar-refractivity contribution in [3.05, 3.63) is 110 Å². The van der Waals surface area contributed by atoms with E-state index in [-0.39, 0.29) is 11.1 Å². The molecule has 196 valence electrons. The molecule has 1 aromatic heterocycles. The number of benzene rings is 3. The standard InChI is InChI=1S/C31H32N2O5/c1-6-22-8-7-9-23(15-24-10-11-25(30(34)35)16-27(24)31(36)37)28(22)17-38-29-13-12-26(14-18(29)2)33-21(5)19(3)20(4)32-33/h7-14,16H,6,15,17H2,1-5H3,(H,34,35)(H,36,37). The Morgan fingerprint density at radius 1 is 0.895 bits per heavy atom. The van der Waals surface area contributed by atoms with Crippen LogP contribution in [0.1, 0.15) is 72.4 Å². The van der Waals surface area contributed by atoms with Crippen molar-refractivity contribution >= 4 is 11.9 Å². The van der Waals surface area contributed by atoms with E-state index >= 15 is 0 Å². The minimum atomic E-state index is -1.16. The second-order valence-corrected chi connectivity index (χ2v) is 9.51. The summed E-state index contributed by atoms with van der Waals surface area (Å²) in [6.45, 7) is 10.5. The molecule has 0 atom stereocenters. The van der Waals surface area contributed by atoms with Crippen LogP contribution in [0.4, 0.5) is 0 Å². The van der Waals surface area contributed by atoms with E-state index < -0.39 is 11.9 Å². The predicted molar refractivity (Wildman–Crippen MR) is 146 cm³/mol. The lowest BCUT2D eigenvalue weighted by Gasteiger charge is -2.17. The number of carbonyl (C=O) groups is 2. The van der Waals surface area contributed by atoms with E-state index in [1.165, 1.54) is 17.7 Å². The van der Waals surface area contributed by atoms with Crippen LogP contribution in [0.2, 0.25) is 0 Å². The largest absolute Gasteiger partial charge is 0.489 e. The zero-order chi connectivity index (χ0) is 27.6. The summed E-state index contributed by atoms with van der Waals surface area (Å²) in [4.78, 5) is 23.2. The number of carboxylic acid groups (broad SMARTS) is 2. The van der Waals surface area contributed by atoms with Gasteiger partial charge in [0.15, 0.2) is 0 Å². The van der Waals surface area contributed by atoms with Crippen molar-refractivity contribution in [3.8, 4) is 11.4 Å². The number of ether oxygens (including phenoxy) is 1. The molecule has 0 amide bonds. The summed E-state index contributed by atoms with van der Waals surface area (Å²) in [5.41, 5.74) is 8.82. The van der Waals surface area contributed by atoms with Crippen molar-refractivity contribution < 1.29 is 24.5 Å². The Balaban J connectivity index is 1.62. The molecule has 0 saturated heterocycles. The van der Waals surface area contributed by atoms with Crippen molar-refractivity contribution in [1.29, 1.82) is 0 Å². The Bertz CT molecular complexity index is 1530. The third kappa shape index (κ3) is 5.32. The van der Waals surface area contributed by atoms with Gasteiger partial charge in [-0.15, -0.1) is 0 Å². The summed E-state index contributed by atoms with van der Waals surface area (Å²) in [6, 6.07) is 16.2. The number of rotatable bonds is 9. The smallest absolute Gasteiger partial charge is 0.336 e. The SMILES string of the molecule is CCc1cccc(Cc2ccc(C(=O)O)cc2C(=O)O)c1COc1ccc(-n2nc(C)c(C)c2C)cc1C. The molecule has 0 unspecified atom stereocenters. The van der Waals surface area contributed by atoms with Crippen molar-refractivity contribution in [2.75, 3.05) is 0 Å². The third-order valence-electron chi connectivity index (χ3n) is 7.15. The fraction of sp³-hybridized carbons (Fsp3) is 0.258. The van der Waals surface area contributed by atoms with Gasteiger partial charge in [0.2, 0.25) is 0 Å². The first-order valence-corrected chi connectivity index (χ1v) is 12.6. The number of aryl methyl sites for hydroxylation is 3. The molecular weight excluding hydrogens is 480 g/mol. The average Bonchev–Trinajstić information content (AvgIpc) is 3.15. The van der Waals surface area contributed by atoms with E-state index in [1.54, 1.807) is 6.07 Å². The number of nitrogens with zero attached hydrogens (tertiary/aromatic N) is 2. The first kappa shape index (κ1) is 26.7. The van der Waals surface area contributed by atoms with Crippen LogP contribution in [-0.4, -0.2) is 31.9 Å². The van der Waals surface area contributed by atoms with Crippen LogP contribution in [0.5, 0.6) is 5.75 Å². The summed E-state index contributed by atoms with van der Waals surface area (Å²) >= 11 is 0. The number of hydrogen-bond acceptors (Lipinski definition) is 4. The lowest BCUT2D eigenvalue weighted by Crippen LogP contribution is -2.10. The monoisotopic (exact) mass is 512 g/mol. The molecule has 38 heavy (non-hydrogen) atoms. The van der Waals surface area contributed by atoms with Crippen molar-refractivity contribution in [2.24, 2.45) is 0 Å². The fourth-order valence-corrected chi connectivity index (χ4v) is 4.69. The molecule has 0 aliphatic carbocycles. The molecule has 0 radical (unpaired) electrons. The highest BCUT2D eigenvalue weighted by atomic mass is 16.5. The summed E-state index contributed by atoms with van der Waals surface area (Å²) in [5, 5.41) is 23.7. The maximum Gasteiger partial charge on any atom is 0.336 e. The summed E-state index contributed by atoms with van der Waals surface area (Å²) in [7, 11) is 0. The lowest BCUT2D eigenvalue weighted by molar-refractivity contribution is 0.0695. The van der Waals surface area contributed by atoms with Crippen molar-refractivity contribution in [1.82, 2.24) is 9.78 Å². The van der Waals surface area contributed by atoms with Crippen LogP contribution in [0.25, 0.3) is 5.69 Å². The number of hydrogen-bond donors (Lipinski definition) is 2. The molecule has 2 N–H and O–H groups in total.